The van der Waals surface area contributed by atoms with Gasteiger partial charge < -0.3 is 10.6 Å². The third-order valence-electron chi connectivity index (χ3n) is 3.92. The summed E-state index contributed by atoms with van der Waals surface area (Å²) in [6.45, 7) is 7.26. The molecule has 3 heteroatoms. The number of likely N-dealkylation sites (tertiary alicyclic amines) is 2. The third-order valence-corrected chi connectivity index (χ3v) is 3.92. The Hall–Kier alpha value is -0.120. The minimum absolute atomic E-state index is 0.668. The van der Waals surface area contributed by atoms with E-state index in [4.69, 9.17) is 5.73 Å². The van der Waals surface area contributed by atoms with Crippen LogP contribution in [0.15, 0.2) is 0 Å². The molecule has 2 fully saturated rings. The molecule has 0 aromatic carbocycles. The predicted molar refractivity (Wildman–Crippen MR) is 63.9 cm³/mol. The summed E-state index contributed by atoms with van der Waals surface area (Å²) in [6, 6.07) is 0.668. The van der Waals surface area contributed by atoms with Gasteiger partial charge in [-0.15, -0.1) is 0 Å². The molecule has 0 aromatic heterocycles. The molecule has 0 radical (unpaired) electrons. The number of rotatable bonds is 4. The molecule has 0 aliphatic carbocycles. The molecule has 2 aliphatic rings. The Bertz CT molecular complexity index is 178. The van der Waals surface area contributed by atoms with Crippen LogP contribution in [0.25, 0.3) is 0 Å². The Morgan fingerprint density at radius 1 is 0.933 bits per heavy atom. The van der Waals surface area contributed by atoms with Crippen molar-refractivity contribution in [2.75, 3.05) is 39.3 Å². The van der Waals surface area contributed by atoms with E-state index in [1.807, 2.05) is 0 Å². The van der Waals surface area contributed by atoms with Gasteiger partial charge >= 0.3 is 0 Å². The highest BCUT2D eigenvalue weighted by molar-refractivity contribution is 4.79. The maximum Gasteiger partial charge on any atom is 0.0218 e. The highest BCUT2D eigenvalue weighted by Gasteiger charge is 2.21. The molecule has 1 atom stereocenters. The highest BCUT2D eigenvalue weighted by Crippen LogP contribution is 2.16. The minimum atomic E-state index is 0.668. The molecule has 0 saturated carbocycles. The molecule has 88 valence electrons. The lowest BCUT2D eigenvalue weighted by atomic mass is 10.0. The predicted octanol–water partition coefficient (Wildman–Crippen LogP) is 0.895. The van der Waals surface area contributed by atoms with E-state index in [1.54, 1.807) is 0 Å². The monoisotopic (exact) mass is 211 g/mol. The summed E-state index contributed by atoms with van der Waals surface area (Å²) in [4.78, 5) is 5.21. The summed E-state index contributed by atoms with van der Waals surface area (Å²) in [7, 11) is 0. The first-order chi connectivity index (χ1) is 7.40. The van der Waals surface area contributed by atoms with Gasteiger partial charge in [0, 0.05) is 25.7 Å². The lowest BCUT2D eigenvalue weighted by Crippen LogP contribution is -2.46. The topological polar surface area (TPSA) is 32.5 Å². The Morgan fingerprint density at radius 3 is 2.40 bits per heavy atom. The van der Waals surface area contributed by atoms with Crippen LogP contribution in [0.3, 0.4) is 0 Å². The van der Waals surface area contributed by atoms with Crippen molar-refractivity contribution in [1.29, 1.82) is 0 Å². The third kappa shape index (κ3) is 3.16. The first-order valence-corrected chi connectivity index (χ1v) is 6.56. The van der Waals surface area contributed by atoms with Crippen LogP contribution in [0.4, 0.5) is 0 Å². The number of piperidine rings is 1. The smallest absolute Gasteiger partial charge is 0.0218 e. The molecular weight excluding hydrogens is 186 g/mol. The summed E-state index contributed by atoms with van der Waals surface area (Å²) in [5.41, 5.74) is 5.82. The molecule has 0 spiro atoms. The summed E-state index contributed by atoms with van der Waals surface area (Å²) in [6.07, 6.45) is 6.87. The van der Waals surface area contributed by atoms with E-state index in [2.05, 4.69) is 9.80 Å². The number of hydrogen-bond acceptors (Lipinski definition) is 3. The number of hydrogen-bond donors (Lipinski definition) is 1. The fraction of sp³-hybridized carbons (Fsp3) is 1.00. The molecule has 15 heavy (non-hydrogen) atoms. The van der Waals surface area contributed by atoms with Crippen LogP contribution in [0, 0.1) is 0 Å². The van der Waals surface area contributed by atoms with Crippen LogP contribution in [-0.2, 0) is 0 Å². The van der Waals surface area contributed by atoms with Gasteiger partial charge in [-0.1, -0.05) is 6.42 Å². The van der Waals surface area contributed by atoms with Crippen molar-refractivity contribution < 1.29 is 0 Å². The van der Waals surface area contributed by atoms with Crippen LogP contribution in [0.2, 0.25) is 0 Å². The van der Waals surface area contributed by atoms with E-state index in [1.165, 1.54) is 64.8 Å². The van der Waals surface area contributed by atoms with Gasteiger partial charge in [0.15, 0.2) is 0 Å². The van der Waals surface area contributed by atoms with Gasteiger partial charge in [-0.25, -0.2) is 0 Å². The maximum atomic E-state index is 5.82. The molecule has 0 bridgehead atoms. The van der Waals surface area contributed by atoms with Crippen molar-refractivity contribution in [1.82, 2.24) is 9.80 Å². The molecule has 2 N–H and O–H groups in total. The molecular formula is C12H25N3. The number of nitrogens with zero attached hydrogens (tertiary/aromatic N) is 2. The number of nitrogens with two attached hydrogens (primary N) is 1. The average molecular weight is 211 g/mol. The van der Waals surface area contributed by atoms with Crippen LogP contribution in [0.5, 0.6) is 0 Å². The summed E-state index contributed by atoms with van der Waals surface area (Å²) in [5.74, 6) is 0. The molecule has 1 unspecified atom stereocenters. The van der Waals surface area contributed by atoms with Gasteiger partial charge in [-0.2, -0.15) is 0 Å². The fourth-order valence-electron chi connectivity index (χ4n) is 2.90. The molecule has 2 saturated heterocycles. The van der Waals surface area contributed by atoms with E-state index in [0.29, 0.717) is 6.04 Å². The van der Waals surface area contributed by atoms with Gasteiger partial charge in [0.25, 0.3) is 0 Å². The molecule has 2 aliphatic heterocycles. The molecule has 0 amide bonds. The Morgan fingerprint density at radius 2 is 1.67 bits per heavy atom. The quantitative estimate of drug-likeness (QED) is 0.750. The summed E-state index contributed by atoms with van der Waals surface area (Å²) >= 11 is 0. The van der Waals surface area contributed by atoms with Crippen molar-refractivity contribution in [3.05, 3.63) is 0 Å². The Balaban J connectivity index is 1.71. The first-order valence-electron chi connectivity index (χ1n) is 6.56. The standard InChI is InChI=1S/C12H25N3/c13-11-12-5-1-2-8-15(12)10-9-14-6-3-4-7-14/h12H,1-11,13H2. The van der Waals surface area contributed by atoms with Gasteiger partial charge in [-0.05, 0) is 45.3 Å². The highest BCUT2D eigenvalue weighted by atomic mass is 15.2. The van der Waals surface area contributed by atoms with Crippen LogP contribution in [0.1, 0.15) is 32.1 Å². The molecule has 3 nitrogen and oxygen atoms in total. The van der Waals surface area contributed by atoms with E-state index >= 15 is 0 Å². The SMILES string of the molecule is NCC1CCCCN1CCN1CCCC1. The van der Waals surface area contributed by atoms with E-state index in [9.17, 15) is 0 Å². The van der Waals surface area contributed by atoms with Crippen LogP contribution in [-0.4, -0.2) is 55.1 Å². The normalized spacial score (nSPS) is 29.8. The van der Waals surface area contributed by atoms with Crippen molar-refractivity contribution in [2.24, 2.45) is 5.73 Å². The molecule has 0 aromatic rings. The Labute approximate surface area is 93.6 Å². The van der Waals surface area contributed by atoms with E-state index < -0.39 is 0 Å². The lowest BCUT2D eigenvalue weighted by Gasteiger charge is -2.35. The minimum Gasteiger partial charge on any atom is -0.329 e. The van der Waals surface area contributed by atoms with Gasteiger partial charge in [0.1, 0.15) is 0 Å². The first kappa shape index (κ1) is 11.4. The van der Waals surface area contributed by atoms with Crippen molar-refractivity contribution >= 4 is 0 Å². The molecule has 2 rings (SSSR count). The van der Waals surface area contributed by atoms with Gasteiger partial charge in [-0.3, -0.25) is 4.90 Å². The second kappa shape index (κ2) is 5.83. The van der Waals surface area contributed by atoms with Gasteiger partial charge in [0.05, 0.1) is 0 Å². The van der Waals surface area contributed by atoms with Gasteiger partial charge in [0.2, 0.25) is 0 Å². The zero-order valence-corrected chi connectivity index (χ0v) is 9.83. The zero-order valence-electron chi connectivity index (χ0n) is 9.83. The second-order valence-electron chi connectivity index (χ2n) is 4.97. The maximum absolute atomic E-state index is 5.82. The largest absolute Gasteiger partial charge is 0.329 e. The summed E-state index contributed by atoms with van der Waals surface area (Å²) < 4.78 is 0. The van der Waals surface area contributed by atoms with Crippen LogP contribution >= 0.6 is 0 Å². The lowest BCUT2D eigenvalue weighted by molar-refractivity contribution is 0.135. The fourth-order valence-corrected chi connectivity index (χ4v) is 2.90. The summed E-state index contributed by atoms with van der Waals surface area (Å²) in [5, 5.41) is 0. The van der Waals surface area contributed by atoms with Crippen LogP contribution < -0.4 is 5.73 Å². The zero-order chi connectivity index (χ0) is 10.5. The average Bonchev–Trinajstić information content (AvgIpc) is 2.79. The van der Waals surface area contributed by atoms with Crippen molar-refractivity contribution in [3.8, 4) is 0 Å². The Kier molecular flexibility index (Phi) is 4.42. The second-order valence-corrected chi connectivity index (χ2v) is 4.97. The molecule has 2 heterocycles. The van der Waals surface area contributed by atoms with Crippen molar-refractivity contribution in [2.45, 2.75) is 38.1 Å². The van der Waals surface area contributed by atoms with Crippen molar-refractivity contribution in [3.63, 3.8) is 0 Å². The van der Waals surface area contributed by atoms with E-state index in [0.717, 1.165) is 6.54 Å². The van der Waals surface area contributed by atoms with E-state index in [-0.39, 0.29) is 0 Å².